The van der Waals surface area contributed by atoms with Crippen molar-refractivity contribution in [3.05, 3.63) is 11.6 Å². The second-order valence-corrected chi connectivity index (χ2v) is 9.40. The smallest absolute Gasteiger partial charge is 0.256 e. The largest absolute Gasteiger partial charge is 0.377 e. The van der Waals surface area contributed by atoms with Gasteiger partial charge in [0, 0.05) is 64.1 Å². The third-order valence-corrected chi connectivity index (χ3v) is 7.40. The first-order valence-corrected chi connectivity index (χ1v) is 12.0. The Balaban J connectivity index is 1.21. The number of fused-ring (bicyclic) bond motifs is 1. The summed E-state index contributed by atoms with van der Waals surface area (Å²) in [5.74, 6) is 1.24. The fourth-order valence-electron chi connectivity index (χ4n) is 5.57. The molecule has 0 radical (unpaired) electrons. The van der Waals surface area contributed by atoms with Gasteiger partial charge in [0.15, 0.2) is 6.23 Å². The second-order valence-electron chi connectivity index (χ2n) is 9.40. The number of nitrogens with zero attached hydrogens (tertiary/aromatic N) is 4. The number of likely N-dealkylation sites (tertiary alicyclic amines) is 1. The summed E-state index contributed by atoms with van der Waals surface area (Å²) in [6.07, 6.45) is 10.1. The van der Waals surface area contributed by atoms with E-state index in [2.05, 4.69) is 21.4 Å². The third-order valence-electron chi connectivity index (χ3n) is 7.40. The minimum absolute atomic E-state index is 0.0363. The van der Waals surface area contributed by atoms with Crippen LogP contribution in [0.15, 0.2) is 21.7 Å². The van der Waals surface area contributed by atoms with E-state index in [9.17, 15) is 4.79 Å². The highest BCUT2D eigenvalue weighted by atomic mass is 16.5. The van der Waals surface area contributed by atoms with Gasteiger partial charge in [0.2, 0.25) is 0 Å². The molecule has 9 heteroatoms. The molecule has 0 aliphatic carbocycles. The van der Waals surface area contributed by atoms with Gasteiger partial charge < -0.3 is 19.5 Å². The van der Waals surface area contributed by atoms with Gasteiger partial charge in [-0.25, -0.2) is 0 Å². The maximum atomic E-state index is 13.1. The van der Waals surface area contributed by atoms with Gasteiger partial charge in [-0.3, -0.25) is 19.7 Å². The quantitative estimate of drug-likeness (QED) is 0.683. The first-order valence-electron chi connectivity index (χ1n) is 12.0. The van der Waals surface area contributed by atoms with Gasteiger partial charge in [-0.2, -0.15) is 5.10 Å². The van der Waals surface area contributed by atoms with Crippen molar-refractivity contribution in [1.29, 1.82) is 0 Å². The molecule has 1 N–H and O–H groups in total. The van der Waals surface area contributed by atoms with Crippen LogP contribution in [0.2, 0.25) is 0 Å². The summed E-state index contributed by atoms with van der Waals surface area (Å²) >= 11 is 0. The standard InChI is InChI=1S/C23H35N5O4/c1-30-20-11-15(12-24-22(20)31-2)18-7-6-17-19(25-18)14-28(23(17)29)21-8-9-27(26-21)13-16-5-3-4-10-32-16/h6,12,15-16,18-20,22,25H,3-5,7-11,13-14H2,1-2H3. The number of amides is 1. The molecule has 0 aromatic rings. The lowest BCUT2D eigenvalue weighted by atomic mass is 9.86. The molecule has 5 heterocycles. The fraction of sp³-hybridized carbons (Fsp3) is 0.783. The van der Waals surface area contributed by atoms with E-state index in [1.165, 1.54) is 6.42 Å². The number of aliphatic imine (C=N–C) groups is 1. The molecule has 0 spiro atoms. The van der Waals surface area contributed by atoms with Gasteiger partial charge in [-0.1, -0.05) is 6.08 Å². The molecule has 2 saturated heterocycles. The van der Waals surface area contributed by atoms with Crippen molar-refractivity contribution < 1.29 is 19.0 Å². The van der Waals surface area contributed by atoms with Crippen LogP contribution in [0.5, 0.6) is 0 Å². The van der Waals surface area contributed by atoms with Crippen molar-refractivity contribution in [3.8, 4) is 0 Å². The van der Waals surface area contributed by atoms with Crippen LogP contribution < -0.4 is 5.32 Å². The van der Waals surface area contributed by atoms with Crippen LogP contribution in [0, 0.1) is 5.92 Å². The molecule has 0 aromatic carbocycles. The van der Waals surface area contributed by atoms with E-state index in [1.807, 2.05) is 11.1 Å². The van der Waals surface area contributed by atoms with Gasteiger partial charge in [0.05, 0.1) is 18.7 Å². The fourth-order valence-corrected chi connectivity index (χ4v) is 5.57. The van der Waals surface area contributed by atoms with E-state index in [1.54, 1.807) is 14.2 Å². The van der Waals surface area contributed by atoms with Crippen LogP contribution >= 0.6 is 0 Å². The van der Waals surface area contributed by atoms with Crippen molar-refractivity contribution in [2.45, 2.75) is 69.0 Å². The number of ether oxygens (including phenoxy) is 3. The second kappa shape index (κ2) is 9.59. The van der Waals surface area contributed by atoms with Crippen molar-refractivity contribution in [1.82, 2.24) is 15.2 Å². The van der Waals surface area contributed by atoms with Gasteiger partial charge in [0.25, 0.3) is 5.91 Å². The van der Waals surface area contributed by atoms with E-state index in [0.29, 0.717) is 6.54 Å². The van der Waals surface area contributed by atoms with Crippen LogP contribution in [-0.4, -0.2) is 98.8 Å². The van der Waals surface area contributed by atoms with Crippen molar-refractivity contribution in [2.75, 3.05) is 40.5 Å². The Morgan fingerprint density at radius 3 is 2.97 bits per heavy atom. The van der Waals surface area contributed by atoms with E-state index >= 15 is 0 Å². The summed E-state index contributed by atoms with van der Waals surface area (Å²) < 4.78 is 16.9. The molecule has 2 fully saturated rings. The first kappa shape index (κ1) is 22.0. The molecule has 1 amide bonds. The Kier molecular flexibility index (Phi) is 6.59. The van der Waals surface area contributed by atoms with Gasteiger partial charge in [-0.05, 0) is 32.1 Å². The van der Waals surface area contributed by atoms with Crippen LogP contribution in [0.25, 0.3) is 0 Å². The van der Waals surface area contributed by atoms with Crippen molar-refractivity contribution in [3.63, 3.8) is 0 Å². The van der Waals surface area contributed by atoms with Crippen LogP contribution in [0.3, 0.4) is 0 Å². The summed E-state index contributed by atoms with van der Waals surface area (Å²) in [6.45, 7) is 3.18. The highest BCUT2D eigenvalue weighted by molar-refractivity contribution is 6.09. The Hall–Kier alpha value is -1.81. The molecule has 0 saturated carbocycles. The molecule has 0 aromatic heterocycles. The molecule has 5 aliphatic heterocycles. The highest BCUT2D eigenvalue weighted by Crippen LogP contribution is 2.31. The van der Waals surface area contributed by atoms with E-state index in [-0.39, 0.29) is 42.3 Å². The number of hydrogen-bond acceptors (Lipinski definition) is 8. The topological polar surface area (TPSA) is 88.0 Å². The first-order chi connectivity index (χ1) is 15.7. The molecular weight excluding hydrogens is 410 g/mol. The van der Waals surface area contributed by atoms with Crippen LogP contribution in [0.4, 0.5) is 0 Å². The number of amidine groups is 1. The van der Waals surface area contributed by atoms with Crippen LogP contribution in [0.1, 0.15) is 38.5 Å². The van der Waals surface area contributed by atoms with Crippen molar-refractivity contribution in [2.24, 2.45) is 16.0 Å². The predicted molar refractivity (Wildman–Crippen MR) is 121 cm³/mol. The zero-order valence-corrected chi connectivity index (χ0v) is 19.1. The molecule has 32 heavy (non-hydrogen) atoms. The van der Waals surface area contributed by atoms with Gasteiger partial charge in [-0.15, -0.1) is 0 Å². The molecule has 5 rings (SSSR count). The van der Waals surface area contributed by atoms with Gasteiger partial charge in [0.1, 0.15) is 11.9 Å². The minimum Gasteiger partial charge on any atom is -0.377 e. The lowest BCUT2D eigenvalue weighted by Gasteiger charge is -2.36. The molecule has 5 aliphatic rings. The number of hydrazone groups is 1. The monoisotopic (exact) mass is 445 g/mol. The summed E-state index contributed by atoms with van der Waals surface area (Å²) in [4.78, 5) is 19.5. The lowest BCUT2D eigenvalue weighted by Crippen LogP contribution is -2.50. The number of methoxy groups -OCH3 is 2. The normalized spacial score (nSPS) is 37.5. The van der Waals surface area contributed by atoms with Crippen molar-refractivity contribution >= 4 is 18.0 Å². The zero-order valence-electron chi connectivity index (χ0n) is 19.1. The number of rotatable bonds is 5. The average molecular weight is 446 g/mol. The molecule has 6 atom stereocenters. The molecule has 0 bridgehead atoms. The Morgan fingerprint density at radius 1 is 1.28 bits per heavy atom. The maximum absolute atomic E-state index is 13.1. The lowest BCUT2D eigenvalue weighted by molar-refractivity contribution is -0.121. The zero-order chi connectivity index (χ0) is 22.1. The summed E-state index contributed by atoms with van der Waals surface area (Å²) in [6, 6.07) is 0.274. The third kappa shape index (κ3) is 4.35. The van der Waals surface area contributed by atoms with E-state index in [0.717, 1.165) is 63.2 Å². The average Bonchev–Trinajstić information content (AvgIpc) is 3.43. The summed E-state index contributed by atoms with van der Waals surface area (Å²) in [5, 5.41) is 10.6. The molecule has 6 unspecified atom stereocenters. The SMILES string of the molecule is COC1CC(C2CC=C3C(=O)N(C4=NN(CC5CCCCO5)CC4)CC3N2)C=NC1OC. The number of hydrogen-bond donors (Lipinski definition) is 1. The Morgan fingerprint density at radius 2 is 2.19 bits per heavy atom. The maximum Gasteiger partial charge on any atom is 0.256 e. The predicted octanol–water partition coefficient (Wildman–Crippen LogP) is 1.15. The van der Waals surface area contributed by atoms with E-state index in [4.69, 9.17) is 19.3 Å². The molecule has 176 valence electrons. The Labute approximate surface area is 189 Å². The Bertz CT molecular complexity index is 793. The minimum atomic E-state index is -0.239. The number of carbonyl (C=O) groups is 1. The van der Waals surface area contributed by atoms with Crippen LogP contribution in [-0.2, 0) is 19.0 Å². The summed E-state index contributed by atoms with van der Waals surface area (Å²) in [7, 11) is 3.37. The molecule has 9 nitrogen and oxygen atoms in total. The molecular formula is C23H35N5O4. The highest BCUT2D eigenvalue weighted by Gasteiger charge is 2.43. The number of carbonyl (C=O) groups excluding carboxylic acids is 1. The number of nitrogens with one attached hydrogen (secondary N) is 1. The van der Waals surface area contributed by atoms with Gasteiger partial charge >= 0.3 is 0 Å². The summed E-state index contributed by atoms with van der Waals surface area (Å²) in [5.41, 5.74) is 0.879. The van der Waals surface area contributed by atoms with E-state index < -0.39 is 0 Å².